The van der Waals surface area contributed by atoms with E-state index in [1.165, 1.54) is 82.7 Å². The normalized spacial score (nSPS) is 16.1. The molecular weight excluding hydrogens is 556 g/mol. The van der Waals surface area contributed by atoms with Crippen LogP contribution in [0.5, 0.6) is 11.5 Å². The van der Waals surface area contributed by atoms with Crippen molar-refractivity contribution in [2.75, 3.05) is 0 Å². The Labute approximate surface area is 267 Å². The zero-order chi connectivity index (χ0) is 30.0. The van der Waals surface area contributed by atoms with Gasteiger partial charge in [0, 0.05) is 10.9 Å². The fraction of sp³-hybridized carbons (Fsp3) is 0.0222. The summed E-state index contributed by atoms with van der Waals surface area (Å²) in [6, 6.07) is 58.4. The van der Waals surface area contributed by atoms with Crippen molar-refractivity contribution >= 4 is 21.5 Å². The van der Waals surface area contributed by atoms with E-state index in [1.54, 1.807) is 0 Å². The molecule has 1 spiro atoms. The van der Waals surface area contributed by atoms with Crippen LogP contribution < -0.4 is 4.74 Å². The number of hydrogen-bond donors (Lipinski definition) is 0. The van der Waals surface area contributed by atoms with Gasteiger partial charge in [-0.25, -0.2) is 0 Å². The Kier molecular flexibility index (Phi) is 4.57. The third-order valence-corrected chi connectivity index (χ3v) is 10.6. The Morgan fingerprint density at radius 2 is 0.913 bits per heavy atom. The van der Waals surface area contributed by atoms with Gasteiger partial charge in [0.05, 0.1) is 5.41 Å². The zero-order valence-electron chi connectivity index (χ0n) is 24.9. The van der Waals surface area contributed by atoms with Crippen molar-refractivity contribution in [1.29, 1.82) is 0 Å². The molecule has 2 aliphatic carbocycles. The van der Waals surface area contributed by atoms with Crippen LogP contribution in [0.3, 0.4) is 0 Å². The van der Waals surface area contributed by atoms with Crippen molar-refractivity contribution in [1.82, 2.24) is 0 Å². The molecule has 0 saturated carbocycles. The van der Waals surface area contributed by atoms with Crippen LogP contribution >= 0.6 is 0 Å². The van der Waals surface area contributed by atoms with Crippen LogP contribution in [0.1, 0.15) is 22.3 Å². The van der Waals surface area contributed by atoms with E-state index in [1.807, 2.05) is 6.07 Å². The average Bonchev–Trinajstić information content (AvgIpc) is 3.57. The Hall–Kier alpha value is -5.92. The minimum Gasteiger partial charge on any atom is -0.456 e. The molecule has 46 heavy (non-hydrogen) atoms. The Bertz CT molecular complexity index is 2630. The van der Waals surface area contributed by atoms with Gasteiger partial charge in [-0.05, 0) is 120 Å². The molecule has 1 unspecified atom stereocenters. The van der Waals surface area contributed by atoms with E-state index in [2.05, 4.69) is 152 Å². The standard InChI is InChI=1S/C45H26O/c1-2-11-28-26-41-36(23-27(28)10-1)33-14-4-7-17-39(33)45(41)38-16-6-3-13-32(38)35-24-29(20-21-40(35)45)31-22-30-12-9-19-43-44(30)37(25-31)34-15-5-8-18-42(34)46-43/h1-26H. The average molecular weight is 583 g/mol. The molecule has 0 radical (unpaired) electrons. The lowest BCUT2D eigenvalue weighted by Gasteiger charge is -2.30. The van der Waals surface area contributed by atoms with Crippen molar-refractivity contribution in [3.8, 4) is 56.0 Å². The lowest BCUT2D eigenvalue weighted by atomic mass is 9.70. The fourth-order valence-corrected chi connectivity index (χ4v) is 8.76. The van der Waals surface area contributed by atoms with Crippen molar-refractivity contribution in [3.63, 3.8) is 0 Å². The van der Waals surface area contributed by atoms with Gasteiger partial charge < -0.3 is 4.74 Å². The molecule has 0 amide bonds. The second-order valence-corrected chi connectivity index (χ2v) is 12.8. The second kappa shape index (κ2) is 8.62. The van der Waals surface area contributed by atoms with Crippen LogP contribution in [0.25, 0.3) is 66.1 Å². The van der Waals surface area contributed by atoms with E-state index in [-0.39, 0.29) is 5.41 Å². The van der Waals surface area contributed by atoms with Gasteiger partial charge in [0.15, 0.2) is 0 Å². The molecule has 1 atom stereocenters. The molecule has 0 fully saturated rings. The van der Waals surface area contributed by atoms with E-state index < -0.39 is 0 Å². The monoisotopic (exact) mass is 582 g/mol. The smallest absolute Gasteiger partial charge is 0.135 e. The molecule has 1 heterocycles. The molecule has 1 aliphatic heterocycles. The summed E-state index contributed by atoms with van der Waals surface area (Å²) in [7, 11) is 0. The third kappa shape index (κ3) is 2.96. The predicted molar refractivity (Wildman–Crippen MR) is 189 cm³/mol. The molecule has 0 bridgehead atoms. The van der Waals surface area contributed by atoms with E-state index >= 15 is 0 Å². The van der Waals surface area contributed by atoms with Crippen LogP contribution in [0.2, 0.25) is 0 Å². The number of benzene rings is 8. The number of ether oxygens (including phenoxy) is 1. The lowest BCUT2D eigenvalue weighted by molar-refractivity contribution is 0.487. The molecule has 0 N–H and O–H groups in total. The molecule has 8 aromatic carbocycles. The van der Waals surface area contributed by atoms with Gasteiger partial charge in [-0.2, -0.15) is 0 Å². The summed E-state index contributed by atoms with van der Waals surface area (Å²) in [5, 5.41) is 4.94. The van der Waals surface area contributed by atoms with E-state index in [9.17, 15) is 0 Å². The van der Waals surface area contributed by atoms with E-state index in [0.29, 0.717) is 0 Å². The number of hydrogen-bond acceptors (Lipinski definition) is 1. The molecule has 0 aromatic heterocycles. The van der Waals surface area contributed by atoms with E-state index in [0.717, 1.165) is 17.1 Å². The number of rotatable bonds is 1. The summed E-state index contributed by atoms with van der Waals surface area (Å²) >= 11 is 0. The number of fused-ring (bicyclic) bond motifs is 13. The minimum absolute atomic E-state index is 0.360. The number of para-hydroxylation sites is 1. The van der Waals surface area contributed by atoms with Crippen molar-refractivity contribution in [3.05, 3.63) is 180 Å². The van der Waals surface area contributed by atoms with Gasteiger partial charge in [-0.1, -0.05) is 115 Å². The van der Waals surface area contributed by atoms with Gasteiger partial charge in [0.2, 0.25) is 0 Å². The maximum Gasteiger partial charge on any atom is 0.135 e. The minimum atomic E-state index is -0.360. The molecule has 3 aliphatic rings. The molecular formula is C45H26O. The third-order valence-electron chi connectivity index (χ3n) is 10.6. The Balaban J connectivity index is 1.19. The highest BCUT2D eigenvalue weighted by molar-refractivity contribution is 6.07. The van der Waals surface area contributed by atoms with Crippen LogP contribution in [0.15, 0.2) is 158 Å². The first-order chi connectivity index (χ1) is 22.8. The predicted octanol–water partition coefficient (Wildman–Crippen LogP) is 11.8. The molecule has 0 saturated heterocycles. The van der Waals surface area contributed by atoms with Crippen LogP contribution in [-0.4, -0.2) is 0 Å². The first-order valence-electron chi connectivity index (χ1n) is 16.0. The Morgan fingerprint density at radius 1 is 0.326 bits per heavy atom. The SMILES string of the molecule is c1ccc2c(c1)Oc1cccc3cc(-c4ccc5c(c4)-c4ccccc4C54c5ccccc5-c5cc6ccccc6cc54)cc-2c13. The highest BCUT2D eigenvalue weighted by atomic mass is 16.5. The van der Waals surface area contributed by atoms with Crippen molar-refractivity contribution < 1.29 is 4.74 Å². The van der Waals surface area contributed by atoms with Gasteiger partial charge in [0.1, 0.15) is 11.5 Å². The zero-order valence-corrected chi connectivity index (χ0v) is 24.9. The molecule has 8 aromatic rings. The van der Waals surface area contributed by atoms with Gasteiger partial charge in [-0.15, -0.1) is 0 Å². The topological polar surface area (TPSA) is 9.23 Å². The summed E-state index contributed by atoms with van der Waals surface area (Å²) in [6.45, 7) is 0. The van der Waals surface area contributed by atoms with Crippen LogP contribution in [-0.2, 0) is 5.41 Å². The molecule has 212 valence electrons. The maximum atomic E-state index is 6.33. The lowest BCUT2D eigenvalue weighted by Crippen LogP contribution is -2.25. The second-order valence-electron chi connectivity index (χ2n) is 12.8. The van der Waals surface area contributed by atoms with Crippen molar-refractivity contribution in [2.45, 2.75) is 5.41 Å². The first-order valence-corrected chi connectivity index (χ1v) is 16.0. The largest absolute Gasteiger partial charge is 0.456 e. The fourth-order valence-electron chi connectivity index (χ4n) is 8.76. The molecule has 11 rings (SSSR count). The summed E-state index contributed by atoms with van der Waals surface area (Å²) in [5.41, 5.74) is 15.2. The summed E-state index contributed by atoms with van der Waals surface area (Å²) in [4.78, 5) is 0. The van der Waals surface area contributed by atoms with Gasteiger partial charge in [0.25, 0.3) is 0 Å². The first kappa shape index (κ1) is 24.4. The molecule has 1 nitrogen and oxygen atoms in total. The highest BCUT2D eigenvalue weighted by Gasteiger charge is 2.51. The summed E-state index contributed by atoms with van der Waals surface area (Å²) in [6.07, 6.45) is 0. The summed E-state index contributed by atoms with van der Waals surface area (Å²) < 4.78 is 6.33. The Morgan fingerprint density at radius 3 is 1.72 bits per heavy atom. The van der Waals surface area contributed by atoms with E-state index in [4.69, 9.17) is 4.74 Å². The van der Waals surface area contributed by atoms with Crippen molar-refractivity contribution in [2.24, 2.45) is 0 Å². The van der Waals surface area contributed by atoms with Gasteiger partial charge in [-0.3, -0.25) is 0 Å². The van der Waals surface area contributed by atoms with Gasteiger partial charge >= 0.3 is 0 Å². The highest BCUT2D eigenvalue weighted by Crippen LogP contribution is 2.63. The van der Waals surface area contributed by atoms with Crippen LogP contribution in [0, 0.1) is 0 Å². The maximum absolute atomic E-state index is 6.33. The van der Waals surface area contributed by atoms with Crippen LogP contribution in [0.4, 0.5) is 0 Å². The summed E-state index contributed by atoms with van der Waals surface area (Å²) in [5.74, 6) is 1.84. The quantitative estimate of drug-likeness (QED) is 0.187. The molecule has 1 heteroatoms.